The van der Waals surface area contributed by atoms with Crippen LogP contribution in [0.2, 0.25) is 0 Å². The van der Waals surface area contributed by atoms with Crippen molar-refractivity contribution in [1.29, 1.82) is 0 Å². The number of ether oxygens (including phenoxy) is 1. The number of rotatable bonds is 11. The van der Waals surface area contributed by atoms with Gasteiger partial charge in [-0.15, -0.1) is 0 Å². The lowest BCUT2D eigenvalue weighted by Gasteiger charge is -2.29. The fourth-order valence-corrected chi connectivity index (χ4v) is 4.00. The van der Waals surface area contributed by atoms with Crippen molar-refractivity contribution in [1.82, 2.24) is 14.8 Å². The number of hydrogen-bond donors (Lipinski definition) is 1. The van der Waals surface area contributed by atoms with Gasteiger partial charge in [0, 0.05) is 49.8 Å². The highest BCUT2D eigenvalue weighted by Gasteiger charge is 2.30. The normalized spacial score (nSPS) is 11.8. The number of para-hydroxylation sites is 1. The van der Waals surface area contributed by atoms with E-state index in [1.165, 1.54) is 24.1 Å². The molecule has 0 aliphatic rings. The molecule has 0 spiro atoms. The summed E-state index contributed by atoms with van der Waals surface area (Å²) in [5, 5.41) is 1.05. The van der Waals surface area contributed by atoms with Crippen molar-refractivity contribution < 1.29 is 27.5 Å². The molecule has 2 amide bonds. The van der Waals surface area contributed by atoms with Gasteiger partial charge in [-0.05, 0) is 35.7 Å². The number of carbonyl (C=O) groups is 2. The van der Waals surface area contributed by atoms with Crippen molar-refractivity contribution >= 4 is 22.7 Å². The van der Waals surface area contributed by atoms with Gasteiger partial charge in [0.05, 0.1) is 18.7 Å². The van der Waals surface area contributed by atoms with E-state index in [2.05, 4.69) is 4.98 Å². The number of benzene rings is 2. The van der Waals surface area contributed by atoms with Gasteiger partial charge in [-0.3, -0.25) is 9.59 Å². The molecule has 3 aromatic rings. The molecular formula is C27H32F3N3O3. The quantitative estimate of drug-likeness (QED) is 0.405. The Morgan fingerprint density at radius 3 is 2.33 bits per heavy atom. The number of nitrogens with one attached hydrogen (secondary N) is 1. The van der Waals surface area contributed by atoms with Gasteiger partial charge in [0.15, 0.2) is 0 Å². The molecule has 0 atom stereocenters. The van der Waals surface area contributed by atoms with E-state index >= 15 is 0 Å². The van der Waals surface area contributed by atoms with Crippen molar-refractivity contribution in [3.05, 3.63) is 71.4 Å². The van der Waals surface area contributed by atoms with Crippen LogP contribution in [0.5, 0.6) is 0 Å². The maximum Gasteiger partial charge on any atom is 0.416 e. The minimum absolute atomic E-state index is 0.130. The molecule has 0 aliphatic carbocycles. The van der Waals surface area contributed by atoms with E-state index in [1.807, 2.05) is 30.5 Å². The van der Waals surface area contributed by atoms with Crippen molar-refractivity contribution in [3.8, 4) is 0 Å². The topological polar surface area (TPSA) is 65.6 Å². The number of alkyl halides is 3. The van der Waals surface area contributed by atoms with Gasteiger partial charge in [0.2, 0.25) is 11.8 Å². The fraction of sp³-hybridized carbons (Fsp3) is 0.407. The van der Waals surface area contributed by atoms with Gasteiger partial charge >= 0.3 is 6.18 Å². The third-order valence-corrected chi connectivity index (χ3v) is 6.03. The first-order chi connectivity index (χ1) is 17.1. The van der Waals surface area contributed by atoms with Crippen LogP contribution in [0, 0.1) is 5.92 Å². The molecule has 194 valence electrons. The molecule has 1 N–H and O–H groups in total. The SMILES string of the molecule is COCCN(CC(=O)N(CCc1c[nH]c2ccccc12)Cc1ccc(C(F)(F)F)cc1)C(=O)C(C)C. The zero-order chi connectivity index (χ0) is 26.3. The van der Waals surface area contributed by atoms with Crippen LogP contribution < -0.4 is 0 Å². The summed E-state index contributed by atoms with van der Waals surface area (Å²) in [6.45, 7) is 4.45. The lowest BCUT2D eigenvalue weighted by Crippen LogP contribution is -2.45. The number of methoxy groups -OCH3 is 1. The Balaban J connectivity index is 1.81. The van der Waals surface area contributed by atoms with E-state index in [-0.39, 0.29) is 37.4 Å². The lowest BCUT2D eigenvalue weighted by molar-refractivity contribution is -0.143. The summed E-state index contributed by atoms with van der Waals surface area (Å²) in [5.41, 5.74) is 1.86. The second-order valence-corrected chi connectivity index (χ2v) is 9.03. The summed E-state index contributed by atoms with van der Waals surface area (Å²) in [6, 6.07) is 12.6. The monoisotopic (exact) mass is 503 g/mol. The minimum Gasteiger partial charge on any atom is -0.383 e. The molecule has 0 fully saturated rings. The third kappa shape index (κ3) is 7.10. The van der Waals surface area contributed by atoms with Gasteiger partial charge in [-0.1, -0.05) is 44.2 Å². The predicted octanol–water partition coefficient (Wildman–Crippen LogP) is 4.89. The van der Waals surface area contributed by atoms with Crippen LogP contribution in [-0.4, -0.2) is 59.9 Å². The third-order valence-electron chi connectivity index (χ3n) is 6.03. The zero-order valence-electron chi connectivity index (χ0n) is 20.8. The summed E-state index contributed by atoms with van der Waals surface area (Å²) in [5.74, 6) is -0.726. The molecule has 1 aromatic heterocycles. The number of aromatic amines is 1. The number of halogens is 3. The van der Waals surface area contributed by atoms with Crippen LogP contribution in [-0.2, 0) is 33.5 Å². The van der Waals surface area contributed by atoms with Gasteiger partial charge in [-0.25, -0.2) is 0 Å². The van der Waals surface area contributed by atoms with E-state index in [4.69, 9.17) is 4.74 Å². The Labute approximate surface area is 209 Å². The van der Waals surface area contributed by atoms with Crippen LogP contribution in [0.3, 0.4) is 0 Å². The summed E-state index contributed by atoms with van der Waals surface area (Å²) in [7, 11) is 1.53. The first-order valence-electron chi connectivity index (χ1n) is 11.9. The fourth-order valence-electron chi connectivity index (χ4n) is 4.00. The summed E-state index contributed by atoms with van der Waals surface area (Å²) < 4.78 is 44.1. The van der Waals surface area contributed by atoms with Crippen LogP contribution in [0.4, 0.5) is 13.2 Å². The first-order valence-corrected chi connectivity index (χ1v) is 11.9. The molecule has 3 rings (SSSR count). The Bertz CT molecular complexity index is 1160. The molecule has 36 heavy (non-hydrogen) atoms. The molecule has 1 heterocycles. The van der Waals surface area contributed by atoms with Crippen LogP contribution in [0.15, 0.2) is 54.7 Å². The number of fused-ring (bicyclic) bond motifs is 1. The second-order valence-electron chi connectivity index (χ2n) is 9.03. The maximum absolute atomic E-state index is 13.4. The molecule has 6 nitrogen and oxygen atoms in total. The molecule has 0 unspecified atom stereocenters. The number of carbonyl (C=O) groups excluding carboxylic acids is 2. The van der Waals surface area contributed by atoms with E-state index < -0.39 is 11.7 Å². The number of hydrogen-bond acceptors (Lipinski definition) is 3. The van der Waals surface area contributed by atoms with Crippen molar-refractivity contribution in [3.63, 3.8) is 0 Å². The van der Waals surface area contributed by atoms with Gasteiger partial charge in [0.1, 0.15) is 0 Å². The highest BCUT2D eigenvalue weighted by molar-refractivity contribution is 5.86. The Morgan fingerprint density at radius 1 is 1.00 bits per heavy atom. The average molecular weight is 504 g/mol. The molecule has 9 heteroatoms. The highest BCUT2D eigenvalue weighted by Crippen LogP contribution is 2.29. The molecule has 0 aliphatic heterocycles. The number of amides is 2. The van der Waals surface area contributed by atoms with Crippen LogP contribution in [0.25, 0.3) is 10.9 Å². The maximum atomic E-state index is 13.4. The standard InChI is InChI=1S/C27H32F3N3O3/c1-19(2)26(35)33(14-15-36-3)18-25(34)32(17-20-8-10-22(11-9-20)27(28,29)30)13-12-21-16-31-24-7-5-4-6-23(21)24/h4-11,16,19,31H,12-15,17-18H2,1-3H3. The largest absolute Gasteiger partial charge is 0.416 e. The van der Waals surface area contributed by atoms with E-state index in [1.54, 1.807) is 18.7 Å². The van der Waals surface area contributed by atoms with Crippen molar-refractivity contribution in [2.45, 2.75) is 33.0 Å². The molecule has 0 saturated carbocycles. The summed E-state index contributed by atoms with van der Waals surface area (Å²) >= 11 is 0. The molecule has 0 saturated heterocycles. The van der Waals surface area contributed by atoms with Gasteiger partial charge in [-0.2, -0.15) is 13.2 Å². The first kappa shape index (κ1) is 27.3. The molecule has 0 radical (unpaired) electrons. The Hall–Kier alpha value is -3.33. The lowest BCUT2D eigenvalue weighted by atomic mass is 10.1. The van der Waals surface area contributed by atoms with Gasteiger partial charge < -0.3 is 19.5 Å². The van der Waals surface area contributed by atoms with E-state index in [9.17, 15) is 22.8 Å². The number of H-pyrrole nitrogens is 1. The highest BCUT2D eigenvalue weighted by atomic mass is 19.4. The molecular weight excluding hydrogens is 471 g/mol. The summed E-state index contributed by atoms with van der Waals surface area (Å²) in [6.07, 6.45) is -1.98. The van der Waals surface area contributed by atoms with E-state index in [0.29, 0.717) is 25.1 Å². The van der Waals surface area contributed by atoms with Crippen molar-refractivity contribution in [2.24, 2.45) is 5.92 Å². The molecule has 0 bridgehead atoms. The minimum atomic E-state index is -4.43. The van der Waals surface area contributed by atoms with Crippen LogP contribution in [0.1, 0.15) is 30.5 Å². The predicted molar refractivity (Wildman–Crippen MR) is 132 cm³/mol. The number of nitrogens with zero attached hydrogens (tertiary/aromatic N) is 2. The average Bonchev–Trinajstić information content (AvgIpc) is 3.26. The van der Waals surface area contributed by atoms with Gasteiger partial charge in [0.25, 0.3) is 0 Å². The summed E-state index contributed by atoms with van der Waals surface area (Å²) in [4.78, 5) is 32.4. The van der Waals surface area contributed by atoms with Crippen molar-refractivity contribution in [2.75, 3.05) is 33.4 Å². The zero-order valence-corrected chi connectivity index (χ0v) is 20.8. The smallest absolute Gasteiger partial charge is 0.383 e. The van der Waals surface area contributed by atoms with E-state index in [0.717, 1.165) is 28.6 Å². The van der Waals surface area contributed by atoms with Crippen LogP contribution >= 0.6 is 0 Å². The Kier molecular flexibility index (Phi) is 9.14. The number of aromatic nitrogens is 1. The molecule has 2 aromatic carbocycles. The second kappa shape index (κ2) is 12.1. The Morgan fingerprint density at radius 2 is 1.69 bits per heavy atom.